The zero-order valence-corrected chi connectivity index (χ0v) is 25.5. The van der Waals surface area contributed by atoms with E-state index in [1.54, 1.807) is 41.5 Å². The van der Waals surface area contributed by atoms with E-state index in [1.807, 2.05) is 55.1 Å². The number of aromatic nitrogens is 4. The summed E-state index contributed by atoms with van der Waals surface area (Å²) in [5.41, 5.74) is 11.1. The standard InChI is InChI=1S/C36H36FN5O3/c1-3-42-20-28(18-40-42)27-16-30(36(38)39-17-27)29-9-6-25(14-33(29)37)15-34(43)32-22-41(19-24-10-12-45-13-11-24)21-31(35(32)44)26-7-4-23(2)5-8-26/h4-9,14,16-18,20-22,24H,3,10-13,15,19H2,1-2H3,(H2,38,39). The average Bonchev–Trinajstić information content (AvgIpc) is 3.53. The molecule has 45 heavy (non-hydrogen) atoms. The van der Waals surface area contributed by atoms with Crippen LogP contribution < -0.4 is 11.2 Å². The van der Waals surface area contributed by atoms with Gasteiger partial charge in [-0.25, -0.2) is 9.37 Å². The van der Waals surface area contributed by atoms with Crippen LogP contribution in [-0.4, -0.2) is 38.3 Å². The van der Waals surface area contributed by atoms with Crippen molar-refractivity contribution in [3.63, 3.8) is 0 Å². The number of Topliss-reactive ketones (excluding diaryl/α,β-unsaturated/α-hetero) is 1. The molecule has 0 aliphatic carbocycles. The van der Waals surface area contributed by atoms with Crippen molar-refractivity contribution in [3.05, 3.63) is 112 Å². The number of nitrogen functional groups attached to an aromatic ring is 1. The van der Waals surface area contributed by atoms with Crippen LogP contribution >= 0.6 is 0 Å². The number of benzene rings is 2. The number of halogens is 1. The smallest absolute Gasteiger partial charge is 0.200 e. The Morgan fingerprint density at radius 2 is 1.73 bits per heavy atom. The molecule has 4 heterocycles. The topological polar surface area (TPSA) is 105 Å². The molecule has 5 aromatic rings. The highest BCUT2D eigenvalue weighted by molar-refractivity contribution is 5.98. The maximum atomic E-state index is 15.6. The predicted molar refractivity (Wildman–Crippen MR) is 173 cm³/mol. The molecule has 8 nitrogen and oxygen atoms in total. The maximum absolute atomic E-state index is 15.6. The Hall–Kier alpha value is -4.89. The van der Waals surface area contributed by atoms with E-state index >= 15 is 4.39 Å². The summed E-state index contributed by atoms with van der Waals surface area (Å²) in [4.78, 5) is 31.7. The van der Waals surface area contributed by atoms with Crippen LogP contribution in [0, 0.1) is 18.7 Å². The second-order valence-electron chi connectivity index (χ2n) is 11.7. The van der Waals surface area contributed by atoms with Crippen LogP contribution in [0.5, 0.6) is 0 Å². The third-order valence-electron chi connectivity index (χ3n) is 8.45. The monoisotopic (exact) mass is 605 g/mol. The lowest BCUT2D eigenvalue weighted by Gasteiger charge is -2.23. The van der Waals surface area contributed by atoms with Crippen molar-refractivity contribution < 1.29 is 13.9 Å². The fourth-order valence-electron chi connectivity index (χ4n) is 5.80. The Morgan fingerprint density at radius 1 is 0.956 bits per heavy atom. The first kappa shape index (κ1) is 30.1. The van der Waals surface area contributed by atoms with Gasteiger partial charge in [-0.05, 0) is 55.9 Å². The van der Waals surface area contributed by atoms with Gasteiger partial charge in [-0.2, -0.15) is 5.10 Å². The van der Waals surface area contributed by atoms with Crippen LogP contribution in [-0.2, 0) is 24.2 Å². The van der Waals surface area contributed by atoms with E-state index in [-0.39, 0.29) is 34.6 Å². The average molecular weight is 606 g/mol. The number of ketones is 1. The van der Waals surface area contributed by atoms with Crippen LogP contribution in [0.3, 0.4) is 0 Å². The minimum Gasteiger partial charge on any atom is -0.383 e. The molecule has 6 rings (SSSR count). The van der Waals surface area contributed by atoms with Gasteiger partial charge >= 0.3 is 0 Å². The number of rotatable bonds is 9. The summed E-state index contributed by atoms with van der Waals surface area (Å²) in [5, 5.41) is 4.31. The molecule has 0 saturated carbocycles. The summed E-state index contributed by atoms with van der Waals surface area (Å²) in [6.45, 7) is 6.80. The number of nitrogens with two attached hydrogens (primary N) is 1. The highest BCUT2D eigenvalue weighted by atomic mass is 19.1. The van der Waals surface area contributed by atoms with E-state index in [0.29, 0.717) is 42.4 Å². The van der Waals surface area contributed by atoms with E-state index in [1.165, 1.54) is 6.07 Å². The molecule has 2 aromatic carbocycles. The fraction of sp³-hybridized carbons (Fsp3) is 0.278. The zero-order chi connectivity index (χ0) is 31.5. The lowest BCUT2D eigenvalue weighted by molar-refractivity contribution is 0.0612. The Morgan fingerprint density at radius 3 is 2.44 bits per heavy atom. The van der Waals surface area contributed by atoms with Gasteiger partial charge in [-0.3, -0.25) is 14.3 Å². The van der Waals surface area contributed by atoms with Gasteiger partial charge in [0.15, 0.2) is 11.2 Å². The molecule has 230 valence electrons. The van der Waals surface area contributed by atoms with Crippen molar-refractivity contribution in [1.82, 2.24) is 19.3 Å². The normalized spacial score (nSPS) is 13.7. The van der Waals surface area contributed by atoms with Crippen LogP contribution in [0.15, 0.2) is 84.3 Å². The van der Waals surface area contributed by atoms with Crippen LogP contribution in [0.1, 0.15) is 41.3 Å². The van der Waals surface area contributed by atoms with Gasteiger partial charge in [0.05, 0.1) is 11.8 Å². The summed E-state index contributed by atoms with van der Waals surface area (Å²) < 4.78 is 24.9. The molecular weight excluding hydrogens is 569 g/mol. The summed E-state index contributed by atoms with van der Waals surface area (Å²) >= 11 is 0. The van der Waals surface area contributed by atoms with Gasteiger partial charge in [0, 0.05) is 85.3 Å². The molecule has 0 bridgehead atoms. The first-order valence-corrected chi connectivity index (χ1v) is 15.3. The summed E-state index contributed by atoms with van der Waals surface area (Å²) in [5.74, 6) is -0.305. The molecule has 1 aliphatic rings. The molecule has 1 fully saturated rings. The van der Waals surface area contributed by atoms with Crippen molar-refractivity contribution in [2.24, 2.45) is 5.92 Å². The molecule has 0 atom stereocenters. The van der Waals surface area contributed by atoms with Crippen LogP contribution in [0.2, 0.25) is 0 Å². The second kappa shape index (κ2) is 13.0. The highest BCUT2D eigenvalue weighted by Crippen LogP contribution is 2.32. The van der Waals surface area contributed by atoms with Crippen LogP contribution in [0.25, 0.3) is 33.4 Å². The van der Waals surface area contributed by atoms with E-state index in [0.717, 1.165) is 41.6 Å². The Kier molecular flexibility index (Phi) is 8.71. The van der Waals surface area contributed by atoms with Gasteiger partial charge in [-0.1, -0.05) is 42.0 Å². The molecule has 3 aromatic heterocycles. The van der Waals surface area contributed by atoms with Crippen molar-refractivity contribution in [2.75, 3.05) is 18.9 Å². The molecule has 0 unspecified atom stereocenters. The molecule has 1 aliphatic heterocycles. The van der Waals surface area contributed by atoms with Crippen molar-refractivity contribution in [3.8, 4) is 33.4 Å². The Labute approximate surface area is 261 Å². The number of aryl methyl sites for hydroxylation is 2. The van der Waals surface area contributed by atoms with E-state index in [9.17, 15) is 9.59 Å². The predicted octanol–water partition coefficient (Wildman–Crippen LogP) is 6.34. The molecule has 0 radical (unpaired) electrons. The van der Waals surface area contributed by atoms with Crippen molar-refractivity contribution in [1.29, 1.82) is 0 Å². The first-order chi connectivity index (χ1) is 21.8. The van der Waals surface area contributed by atoms with E-state index < -0.39 is 5.82 Å². The number of hydrogen-bond acceptors (Lipinski definition) is 6. The van der Waals surface area contributed by atoms with E-state index in [2.05, 4.69) is 10.1 Å². The van der Waals surface area contributed by atoms with Crippen molar-refractivity contribution in [2.45, 2.75) is 46.2 Å². The minimum atomic E-state index is -0.527. The number of pyridine rings is 2. The number of carbonyl (C=O) groups excluding carboxylic acids is 1. The molecule has 2 N–H and O–H groups in total. The number of anilines is 1. The maximum Gasteiger partial charge on any atom is 0.200 e. The molecule has 0 spiro atoms. The lowest BCUT2D eigenvalue weighted by Crippen LogP contribution is -2.25. The largest absolute Gasteiger partial charge is 0.383 e. The van der Waals surface area contributed by atoms with Crippen molar-refractivity contribution >= 4 is 11.6 Å². The second-order valence-corrected chi connectivity index (χ2v) is 11.7. The minimum absolute atomic E-state index is 0.0957. The summed E-state index contributed by atoms with van der Waals surface area (Å²) in [6.07, 6.45) is 10.5. The molecule has 9 heteroatoms. The Bertz CT molecular complexity index is 1910. The summed E-state index contributed by atoms with van der Waals surface area (Å²) in [7, 11) is 0. The van der Waals surface area contributed by atoms with Gasteiger partial charge in [0.2, 0.25) is 0 Å². The fourth-order valence-corrected chi connectivity index (χ4v) is 5.80. The number of carbonyl (C=O) groups is 1. The number of hydrogen-bond donors (Lipinski definition) is 1. The zero-order valence-electron chi connectivity index (χ0n) is 25.5. The molecular formula is C36H36FN5O3. The first-order valence-electron chi connectivity index (χ1n) is 15.3. The number of nitrogens with zero attached hydrogens (tertiary/aromatic N) is 4. The third kappa shape index (κ3) is 6.63. The SMILES string of the molecule is CCn1cc(-c2cnc(N)c(-c3ccc(CC(=O)c4cn(CC5CCOCC5)cc(-c5ccc(C)cc5)c4=O)cc3F)c2)cn1. The Balaban J connectivity index is 1.29. The number of ether oxygens (including phenoxy) is 1. The molecule has 1 saturated heterocycles. The van der Waals surface area contributed by atoms with Crippen LogP contribution in [0.4, 0.5) is 10.2 Å². The summed E-state index contributed by atoms with van der Waals surface area (Å²) in [6, 6.07) is 14.1. The van der Waals surface area contributed by atoms with Gasteiger partial charge in [-0.15, -0.1) is 0 Å². The third-order valence-corrected chi connectivity index (χ3v) is 8.45. The van der Waals surface area contributed by atoms with Gasteiger partial charge in [0.1, 0.15) is 11.6 Å². The molecule has 0 amide bonds. The quantitative estimate of drug-likeness (QED) is 0.197. The van der Waals surface area contributed by atoms with E-state index in [4.69, 9.17) is 10.5 Å². The van der Waals surface area contributed by atoms with Gasteiger partial charge in [0.25, 0.3) is 0 Å². The lowest BCUT2D eigenvalue weighted by atomic mass is 9.96. The highest BCUT2D eigenvalue weighted by Gasteiger charge is 2.21. The van der Waals surface area contributed by atoms with Gasteiger partial charge < -0.3 is 15.0 Å².